The molecular formula is C7H8NiO. The molecule has 0 aliphatic carbocycles. The summed E-state index contributed by atoms with van der Waals surface area (Å²) in [4.78, 5) is 0. The zero-order valence-corrected chi connectivity index (χ0v) is 6.10. The van der Waals surface area contributed by atoms with Gasteiger partial charge in [-0.1, -0.05) is 0 Å². The Bertz CT molecular complexity index is 162. The van der Waals surface area contributed by atoms with E-state index in [2.05, 4.69) is 0 Å². The van der Waals surface area contributed by atoms with Crippen LogP contribution < -0.4 is 3.88 Å². The molecule has 0 aliphatic rings. The van der Waals surface area contributed by atoms with E-state index >= 15 is 0 Å². The van der Waals surface area contributed by atoms with Crippen LogP contribution in [0.4, 0.5) is 0 Å². The first-order valence-corrected chi connectivity index (χ1v) is 3.95. The van der Waals surface area contributed by atoms with Crippen LogP contribution in [0, 0.1) is 0 Å². The van der Waals surface area contributed by atoms with E-state index in [0.29, 0.717) is 0 Å². The molecule has 0 radical (unpaired) electrons. The van der Waals surface area contributed by atoms with Gasteiger partial charge in [0.1, 0.15) is 0 Å². The molecule has 0 saturated heterocycles. The summed E-state index contributed by atoms with van der Waals surface area (Å²) >= 11 is 1.20. The van der Waals surface area contributed by atoms with Gasteiger partial charge in [-0.15, -0.1) is 0 Å². The van der Waals surface area contributed by atoms with Gasteiger partial charge in [-0.25, -0.2) is 0 Å². The number of para-hydroxylation sites is 1. The number of benzene rings is 1. The molecular weight excluding hydrogens is 159 g/mol. The Hall–Kier alpha value is -0.486. The molecule has 9 heavy (non-hydrogen) atoms. The molecule has 0 fully saturated rings. The Kier molecular flexibility index (Phi) is 2.59. The van der Waals surface area contributed by atoms with Crippen LogP contribution in [0.2, 0.25) is 5.89 Å². The third-order valence-electron chi connectivity index (χ3n) is 0.882. The second-order valence-electron chi connectivity index (χ2n) is 1.51. The van der Waals surface area contributed by atoms with E-state index in [1.807, 2.05) is 36.2 Å². The molecule has 52 valence electrons. The Labute approximate surface area is 61.2 Å². The second kappa shape index (κ2) is 3.52. The predicted molar refractivity (Wildman–Crippen MR) is 32.9 cm³/mol. The zero-order chi connectivity index (χ0) is 6.53. The zero-order valence-electron chi connectivity index (χ0n) is 5.11. The summed E-state index contributed by atoms with van der Waals surface area (Å²) in [5.74, 6) is 2.83. The fourth-order valence-corrected chi connectivity index (χ4v) is 0.905. The van der Waals surface area contributed by atoms with Gasteiger partial charge in [-0.05, 0) is 0 Å². The molecule has 0 spiro atoms. The molecule has 1 nitrogen and oxygen atoms in total. The minimum atomic E-state index is 0.917. The van der Waals surface area contributed by atoms with Crippen LogP contribution in [-0.2, 0) is 14.8 Å². The van der Waals surface area contributed by atoms with E-state index < -0.39 is 0 Å². The standard InChI is InChI=1S/C6H6O.CH3.Ni/c7-6-4-2-1-3-5-6;;/h1-5,7H;1H3;/q;;+1/p-1. The van der Waals surface area contributed by atoms with Gasteiger partial charge in [-0.2, -0.15) is 0 Å². The first-order chi connectivity index (χ1) is 4.43. The summed E-state index contributed by atoms with van der Waals surface area (Å²) in [6.45, 7) is 0. The fourth-order valence-electron chi connectivity index (χ4n) is 0.538. The molecule has 0 unspecified atom stereocenters. The molecule has 2 heteroatoms. The Morgan fingerprint density at radius 3 is 2.44 bits per heavy atom. The third-order valence-corrected chi connectivity index (χ3v) is 1.32. The predicted octanol–water partition coefficient (Wildman–Crippen LogP) is 2.11. The number of rotatable bonds is 2. The van der Waals surface area contributed by atoms with Gasteiger partial charge in [0.2, 0.25) is 0 Å². The Morgan fingerprint density at radius 2 is 1.89 bits per heavy atom. The molecule has 0 aliphatic heterocycles. The van der Waals surface area contributed by atoms with Crippen LogP contribution in [0.25, 0.3) is 0 Å². The van der Waals surface area contributed by atoms with Crippen LogP contribution in [-0.4, -0.2) is 0 Å². The van der Waals surface area contributed by atoms with Crippen molar-refractivity contribution in [1.82, 2.24) is 0 Å². The average molecular weight is 167 g/mol. The van der Waals surface area contributed by atoms with Gasteiger partial charge in [0.25, 0.3) is 0 Å². The van der Waals surface area contributed by atoms with Crippen molar-refractivity contribution in [2.45, 2.75) is 5.89 Å². The Morgan fingerprint density at radius 1 is 1.22 bits per heavy atom. The molecule has 1 aromatic rings. The Balaban J connectivity index is 2.61. The van der Waals surface area contributed by atoms with Crippen LogP contribution in [0.3, 0.4) is 0 Å². The average Bonchev–Trinajstić information content (AvgIpc) is 1.91. The summed E-state index contributed by atoms with van der Waals surface area (Å²) in [6.07, 6.45) is 0. The fraction of sp³-hybridized carbons (Fsp3) is 0.143. The third kappa shape index (κ3) is 2.07. The van der Waals surface area contributed by atoms with Crippen molar-refractivity contribution in [2.75, 3.05) is 0 Å². The van der Waals surface area contributed by atoms with Crippen molar-refractivity contribution >= 4 is 0 Å². The number of hydrogen-bond donors (Lipinski definition) is 0. The SMILES string of the molecule is [CH3][Ni][O]c1ccccc1. The van der Waals surface area contributed by atoms with E-state index in [9.17, 15) is 0 Å². The second-order valence-corrected chi connectivity index (χ2v) is 2.11. The maximum atomic E-state index is 5.14. The van der Waals surface area contributed by atoms with Crippen molar-refractivity contribution in [1.29, 1.82) is 0 Å². The van der Waals surface area contributed by atoms with E-state index in [1.54, 1.807) is 0 Å². The summed E-state index contributed by atoms with van der Waals surface area (Å²) in [5.41, 5.74) is 0. The summed E-state index contributed by atoms with van der Waals surface area (Å²) in [6, 6.07) is 9.74. The molecule has 0 atom stereocenters. The van der Waals surface area contributed by atoms with Gasteiger partial charge in [0.15, 0.2) is 0 Å². The normalized spacial score (nSPS) is 9.44. The van der Waals surface area contributed by atoms with Crippen LogP contribution in [0.5, 0.6) is 5.75 Å². The van der Waals surface area contributed by atoms with Crippen molar-refractivity contribution in [3.05, 3.63) is 30.3 Å². The molecule has 0 N–H and O–H groups in total. The van der Waals surface area contributed by atoms with E-state index in [0.717, 1.165) is 5.75 Å². The molecule has 0 amide bonds. The van der Waals surface area contributed by atoms with Crippen LogP contribution in [0.15, 0.2) is 30.3 Å². The summed E-state index contributed by atoms with van der Waals surface area (Å²) in [7, 11) is 0. The molecule has 0 aromatic heterocycles. The van der Waals surface area contributed by atoms with Crippen molar-refractivity contribution < 1.29 is 18.6 Å². The van der Waals surface area contributed by atoms with Crippen molar-refractivity contribution in [3.8, 4) is 5.75 Å². The quantitative estimate of drug-likeness (QED) is 0.612. The molecule has 1 aromatic carbocycles. The summed E-state index contributed by atoms with van der Waals surface area (Å²) < 4.78 is 5.14. The maximum absolute atomic E-state index is 5.14. The summed E-state index contributed by atoms with van der Waals surface area (Å²) in [5, 5.41) is 0. The van der Waals surface area contributed by atoms with E-state index in [-0.39, 0.29) is 0 Å². The molecule has 1 rings (SSSR count). The van der Waals surface area contributed by atoms with Crippen molar-refractivity contribution in [2.24, 2.45) is 0 Å². The number of hydrogen-bond acceptors (Lipinski definition) is 1. The first-order valence-electron chi connectivity index (χ1n) is 2.56. The molecule has 0 heterocycles. The van der Waals surface area contributed by atoms with Gasteiger partial charge in [-0.3, -0.25) is 0 Å². The topological polar surface area (TPSA) is 9.23 Å². The van der Waals surface area contributed by atoms with Gasteiger partial charge < -0.3 is 0 Å². The minimum absolute atomic E-state index is 0.917. The molecule has 0 bridgehead atoms. The van der Waals surface area contributed by atoms with Crippen molar-refractivity contribution in [3.63, 3.8) is 0 Å². The molecule has 0 saturated carbocycles. The first kappa shape index (κ1) is 6.63. The van der Waals surface area contributed by atoms with E-state index in [4.69, 9.17) is 3.88 Å². The van der Waals surface area contributed by atoms with Gasteiger partial charge in [0.05, 0.1) is 0 Å². The van der Waals surface area contributed by atoms with Crippen LogP contribution in [0.1, 0.15) is 0 Å². The van der Waals surface area contributed by atoms with Gasteiger partial charge >= 0.3 is 60.6 Å². The van der Waals surface area contributed by atoms with Gasteiger partial charge in [0, 0.05) is 0 Å². The van der Waals surface area contributed by atoms with E-state index in [1.165, 1.54) is 14.8 Å². The van der Waals surface area contributed by atoms with Crippen LogP contribution >= 0.6 is 0 Å². The monoisotopic (exact) mass is 166 g/mol.